The molecule has 2 aliphatic heterocycles. The minimum atomic E-state index is -0.542. The van der Waals surface area contributed by atoms with E-state index in [1.54, 1.807) is 6.20 Å². The summed E-state index contributed by atoms with van der Waals surface area (Å²) in [5, 5.41) is 22.8. The fraction of sp³-hybridized carbons (Fsp3) is 0.316. The van der Waals surface area contributed by atoms with Crippen LogP contribution < -0.4 is 0 Å². The number of pyridine rings is 1. The molecule has 5 heteroatoms. The van der Waals surface area contributed by atoms with Crippen LogP contribution in [-0.4, -0.2) is 19.8 Å². The molecule has 0 amide bonds. The zero-order chi connectivity index (χ0) is 16.7. The second kappa shape index (κ2) is 4.11. The van der Waals surface area contributed by atoms with Gasteiger partial charge in [0.05, 0.1) is 33.5 Å². The monoisotopic (exact) mass is 322 g/mol. The second-order valence-corrected chi connectivity index (χ2v) is 7.14. The standard InChI is InChI=1S/C19H18N2O3/c1-18-8-9-19(2,24-18)15-14(18)16(22)21(17(15)23)13-7-3-6-12-11(13)5-4-10-20-12/h3-7,10,22-23H,8-9H2,1-2H3/t18-,19+. The third-order valence-electron chi connectivity index (χ3n) is 5.57. The molecule has 3 aromatic rings. The van der Waals surface area contributed by atoms with Gasteiger partial charge in [0, 0.05) is 11.6 Å². The maximum Gasteiger partial charge on any atom is 0.205 e. The summed E-state index contributed by atoms with van der Waals surface area (Å²) in [6, 6.07) is 9.47. The van der Waals surface area contributed by atoms with Crippen LogP contribution in [0.2, 0.25) is 0 Å². The number of nitrogens with zero attached hydrogens (tertiary/aromatic N) is 2. The predicted octanol–water partition coefficient (Wildman–Crippen LogP) is 3.69. The molecule has 4 heterocycles. The quantitative estimate of drug-likeness (QED) is 0.717. The lowest BCUT2D eigenvalue weighted by Crippen LogP contribution is -2.17. The second-order valence-electron chi connectivity index (χ2n) is 7.14. The van der Waals surface area contributed by atoms with Gasteiger partial charge in [-0.1, -0.05) is 6.07 Å². The predicted molar refractivity (Wildman–Crippen MR) is 89.4 cm³/mol. The summed E-state index contributed by atoms with van der Waals surface area (Å²) in [5.74, 6) is 0.120. The fourth-order valence-electron chi connectivity index (χ4n) is 4.49. The molecule has 0 aliphatic carbocycles. The highest BCUT2D eigenvalue weighted by Gasteiger charge is 2.59. The number of hydrogen-bond donors (Lipinski definition) is 2. The van der Waals surface area contributed by atoms with Gasteiger partial charge in [0.1, 0.15) is 0 Å². The Hall–Kier alpha value is -2.53. The zero-order valence-electron chi connectivity index (χ0n) is 13.6. The average Bonchev–Trinajstić information content (AvgIpc) is 3.11. The molecule has 2 aliphatic rings. The Morgan fingerprint density at radius 3 is 2.33 bits per heavy atom. The first-order valence-corrected chi connectivity index (χ1v) is 8.16. The van der Waals surface area contributed by atoms with Gasteiger partial charge in [0.15, 0.2) is 0 Å². The highest BCUT2D eigenvalue weighted by Crippen LogP contribution is 2.64. The normalized spacial score (nSPS) is 27.8. The highest BCUT2D eigenvalue weighted by molar-refractivity contribution is 5.88. The average molecular weight is 322 g/mol. The van der Waals surface area contributed by atoms with Gasteiger partial charge in [-0.25, -0.2) is 0 Å². The Morgan fingerprint density at radius 2 is 1.67 bits per heavy atom. The molecule has 1 aromatic carbocycles. The molecular weight excluding hydrogens is 304 g/mol. The van der Waals surface area contributed by atoms with Crippen LogP contribution in [-0.2, 0) is 15.9 Å². The number of ether oxygens (including phenoxy) is 1. The third kappa shape index (κ3) is 1.46. The van der Waals surface area contributed by atoms with Crippen molar-refractivity contribution in [2.45, 2.75) is 37.9 Å². The molecule has 2 atom stereocenters. The molecule has 5 rings (SSSR count). The smallest absolute Gasteiger partial charge is 0.205 e. The van der Waals surface area contributed by atoms with Crippen LogP contribution in [0.1, 0.15) is 37.8 Å². The first kappa shape index (κ1) is 13.9. The maximum atomic E-state index is 10.9. The van der Waals surface area contributed by atoms with Crippen LogP contribution in [0, 0.1) is 0 Å². The lowest BCUT2D eigenvalue weighted by atomic mass is 9.80. The minimum Gasteiger partial charge on any atom is -0.494 e. The van der Waals surface area contributed by atoms with Crippen LogP contribution in [0.3, 0.4) is 0 Å². The van der Waals surface area contributed by atoms with Crippen molar-refractivity contribution < 1.29 is 14.9 Å². The van der Waals surface area contributed by atoms with E-state index in [0.29, 0.717) is 0 Å². The SMILES string of the molecule is C[C@]12CC[C@](C)(O1)c1c2c(O)n(-c2cccc3ncccc23)c1O. The number of benzene rings is 1. The van der Waals surface area contributed by atoms with Crippen LogP contribution >= 0.6 is 0 Å². The van der Waals surface area contributed by atoms with Crippen molar-refractivity contribution in [3.63, 3.8) is 0 Å². The minimum absolute atomic E-state index is 0.0600. The Balaban J connectivity index is 1.86. The first-order valence-electron chi connectivity index (χ1n) is 8.16. The summed E-state index contributed by atoms with van der Waals surface area (Å²) in [7, 11) is 0. The van der Waals surface area contributed by atoms with Gasteiger partial charge in [0.2, 0.25) is 11.8 Å². The molecular formula is C19H18N2O3. The molecule has 2 N–H and O–H groups in total. The van der Waals surface area contributed by atoms with Crippen LogP contribution in [0.5, 0.6) is 11.8 Å². The molecule has 122 valence electrons. The Labute approximate surface area is 139 Å². The van der Waals surface area contributed by atoms with E-state index in [4.69, 9.17) is 4.74 Å². The van der Waals surface area contributed by atoms with Crippen molar-refractivity contribution in [3.05, 3.63) is 47.7 Å². The van der Waals surface area contributed by atoms with Gasteiger partial charge < -0.3 is 14.9 Å². The molecule has 1 saturated heterocycles. The summed E-state index contributed by atoms with van der Waals surface area (Å²) in [6.45, 7) is 3.97. The van der Waals surface area contributed by atoms with E-state index >= 15 is 0 Å². The lowest BCUT2D eigenvalue weighted by molar-refractivity contribution is -0.0683. The van der Waals surface area contributed by atoms with Crippen molar-refractivity contribution in [2.75, 3.05) is 0 Å². The molecule has 0 unspecified atom stereocenters. The number of fused-ring (bicyclic) bond motifs is 6. The Bertz CT molecular complexity index is 965. The summed E-state index contributed by atoms with van der Waals surface area (Å²) in [6.07, 6.45) is 3.41. The molecule has 2 aromatic heterocycles. The molecule has 0 radical (unpaired) electrons. The molecule has 0 spiro atoms. The number of aromatic hydroxyl groups is 2. The molecule has 5 nitrogen and oxygen atoms in total. The van der Waals surface area contributed by atoms with E-state index in [0.717, 1.165) is 40.6 Å². The van der Waals surface area contributed by atoms with Crippen molar-refractivity contribution in [3.8, 4) is 17.4 Å². The summed E-state index contributed by atoms with van der Waals surface area (Å²) < 4.78 is 7.68. The van der Waals surface area contributed by atoms with Gasteiger partial charge in [0.25, 0.3) is 0 Å². The maximum absolute atomic E-state index is 10.9. The Kier molecular flexibility index (Phi) is 2.37. The van der Waals surface area contributed by atoms with Crippen molar-refractivity contribution >= 4 is 10.9 Å². The molecule has 24 heavy (non-hydrogen) atoms. The fourth-order valence-corrected chi connectivity index (χ4v) is 4.49. The van der Waals surface area contributed by atoms with Gasteiger partial charge in [-0.2, -0.15) is 0 Å². The van der Waals surface area contributed by atoms with Gasteiger partial charge in [-0.3, -0.25) is 9.55 Å². The molecule has 1 fully saturated rings. The van der Waals surface area contributed by atoms with Gasteiger partial charge in [-0.15, -0.1) is 0 Å². The van der Waals surface area contributed by atoms with Gasteiger partial charge in [-0.05, 0) is 51.0 Å². The van der Waals surface area contributed by atoms with Crippen molar-refractivity contribution in [1.82, 2.24) is 9.55 Å². The van der Waals surface area contributed by atoms with E-state index in [-0.39, 0.29) is 11.8 Å². The summed E-state index contributed by atoms with van der Waals surface area (Å²) in [5.41, 5.74) is 1.89. The largest absolute Gasteiger partial charge is 0.494 e. The van der Waals surface area contributed by atoms with Crippen molar-refractivity contribution in [1.29, 1.82) is 0 Å². The van der Waals surface area contributed by atoms with Crippen LogP contribution in [0.15, 0.2) is 36.5 Å². The van der Waals surface area contributed by atoms with Crippen LogP contribution in [0.25, 0.3) is 16.6 Å². The van der Waals surface area contributed by atoms with Gasteiger partial charge >= 0.3 is 0 Å². The van der Waals surface area contributed by atoms with E-state index in [2.05, 4.69) is 4.98 Å². The van der Waals surface area contributed by atoms with E-state index in [1.807, 2.05) is 44.2 Å². The Morgan fingerprint density at radius 1 is 1.00 bits per heavy atom. The highest BCUT2D eigenvalue weighted by atomic mass is 16.5. The van der Waals surface area contributed by atoms with E-state index in [9.17, 15) is 10.2 Å². The number of aromatic nitrogens is 2. The molecule has 0 saturated carbocycles. The van der Waals surface area contributed by atoms with Crippen molar-refractivity contribution in [2.24, 2.45) is 0 Å². The molecule has 2 bridgehead atoms. The summed E-state index contributed by atoms with van der Waals surface area (Å²) in [4.78, 5) is 4.36. The summed E-state index contributed by atoms with van der Waals surface area (Å²) >= 11 is 0. The number of hydrogen-bond acceptors (Lipinski definition) is 4. The number of rotatable bonds is 1. The zero-order valence-corrected chi connectivity index (χ0v) is 13.6. The lowest BCUT2D eigenvalue weighted by Gasteiger charge is -2.21. The third-order valence-corrected chi connectivity index (χ3v) is 5.57. The van der Waals surface area contributed by atoms with E-state index < -0.39 is 11.2 Å². The van der Waals surface area contributed by atoms with E-state index in [1.165, 1.54) is 4.57 Å². The first-order chi connectivity index (χ1) is 11.4. The topological polar surface area (TPSA) is 67.5 Å². The van der Waals surface area contributed by atoms with Crippen LogP contribution in [0.4, 0.5) is 0 Å².